The van der Waals surface area contributed by atoms with Crippen LogP contribution >= 0.6 is 11.3 Å². The van der Waals surface area contributed by atoms with Crippen molar-refractivity contribution in [3.05, 3.63) is 36.7 Å². The first kappa shape index (κ1) is 25.7. The molecule has 1 saturated heterocycles. The Hall–Kier alpha value is -3.54. The molecule has 3 heterocycles. The Bertz CT molecular complexity index is 1480. The summed E-state index contributed by atoms with van der Waals surface area (Å²) in [7, 11) is 3.81. The molecular weight excluding hydrogens is 514 g/mol. The second kappa shape index (κ2) is 11.3. The highest BCUT2D eigenvalue weighted by molar-refractivity contribution is 7.22. The van der Waals surface area contributed by atoms with Crippen molar-refractivity contribution in [2.45, 2.75) is 19.3 Å². The van der Waals surface area contributed by atoms with E-state index in [1.54, 1.807) is 7.11 Å². The fourth-order valence-corrected chi connectivity index (χ4v) is 5.63. The predicted molar refractivity (Wildman–Crippen MR) is 154 cm³/mol. The van der Waals surface area contributed by atoms with Crippen molar-refractivity contribution in [2.24, 2.45) is 5.92 Å². The highest BCUT2D eigenvalue weighted by Crippen LogP contribution is 2.37. The van der Waals surface area contributed by atoms with Crippen LogP contribution in [0.4, 0.5) is 16.6 Å². The number of anilines is 3. The molecule has 2 aromatic carbocycles. The molecule has 0 atom stereocenters. The van der Waals surface area contributed by atoms with Crippen LogP contribution in [0, 0.1) is 5.92 Å². The Kier molecular flexibility index (Phi) is 7.45. The third-order valence-electron chi connectivity index (χ3n) is 7.22. The topological polar surface area (TPSA) is 105 Å². The van der Waals surface area contributed by atoms with Gasteiger partial charge in [-0.15, -0.1) is 0 Å². The number of methoxy groups -OCH3 is 1. The molecule has 2 aromatic heterocycles. The Morgan fingerprint density at radius 1 is 1.08 bits per heavy atom. The van der Waals surface area contributed by atoms with E-state index < -0.39 is 0 Å². The Morgan fingerprint density at radius 2 is 1.92 bits per heavy atom. The number of carbonyl (C=O) groups excluding carboxylic acids is 1. The number of hydrogen-bond acceptors (Lipinski definition) is 10. The van der Waals surface area contributed by atoms with Crippen molar-refractivity contribution in [1.29, 1.82) is 0 Å². The van der Waals surface area contributed by atoms with Gasteiger partial charge >= 0.3 is 0 Å². The van der Waals surface area contributed by atoms with Gasteiger partial charge in [-0.05, 0) is 50.6 Å². The van der Waals surface area contributed by atoms with E-state index in [-0.39, 0.29) is 11.8 Å². The summed E-state index contributed by atoms with van der Waals surface area (Å²) in [5.74, 6) is 2.21. The lowest BCUT2D eigenvalue weighted by molar-refractivity contribution is -0.117. The molecule has 0 bridgehead atoms. The molecule has 1 aliphatic carbocycles. The maximum Gasteiger partial charge on any atom is 0.227 e. The van der Waals surface area contributed by atoms with Gasteiger partial charge in [0.15, 0.2) is 16.6 Å². The zero-order valence-corrected chi connectivity index (χ0v) is 23.1. The van der Waals surface area contributed by atoms with Crippen molar-refractivity contribution in [3.8, 4) is 11.5 Å². The molecular formula is C28H33N7O3S. The average molecular weight is 548 g/mol. The molecule has 10 nitrogen and oxygen atoms in total. The van der Waals surface area contributed by atoms with Gasteiger partial charge in [-0.25, -0.2) is 15.0 Å². The highest BCUT2D eigenvalue weighted by Gasteiger charge is 2.29. The molecule has 1 aliphatic heterocycles. The Labute approximate surface area is 231 Å². The molecule has 1 amide bonds. The lowest BCUT2D eigenvalue weighted by Gasteiger charge is -2.32. The van der Waals surface area contributed by atoms with Crippen molar-refractivity contribution >= 4 is 55.0 Å². The molecule has 11 heteroatoms. The van der Waals surface area contributed by atoms with E-state index in [9.17, 15) is 4.79 Å². The quantitative estimate of drug-likeness (QED) is 0.280. The molecule has 2 N–H and O–H groups in total. The maximum atomic E-state index is 12.1. The third-order valence-corrected chi connectivity index (χ3v) is 8.16. The third kappa shape index (κ3) is 6.05. The maximum absolute atomic E-state index is 12.1. The SMILES string of the molecule is COc1cc2c(Nc3nc4ccc(NC(=O)C5CC5)cc4s3)ncnc2cc1OCCCN1CCN(C)CC1. The van der Waals surface area contributed by atoms with Crippen molar-refractivity contribution in [3.63, 3.8) is 0 Å². The van der Waals surface area contributed by atoms with Gasteiger partial charge in [0.25, 0.3) is 0 Å². The van der Waals surface area contributed by atoms with Gasteiger partial charge in [0.1, 0.15) is 12.1 Å². The van der Waals surface area contributed by atoms with Crippen molar-refractivity contribution in [2.75, 3.05) is 64.1 Å². The summed E-state index contributed by atoms with van der Waals surface area (Å²) in [5.41, 5.74) is 2.41. The monoisotopic (exact) mass is 547 g/mol. The zero-order chi connectivity index (χ0) is 26.8. The fraction of sp³-hybridized carbons (Fsp3) is 0.429. The van der Waals surface area contributed by atoms with Gasteiger partial charge in [-0.2, -0.15) is 0 Å². The lowest BCUT2D eigenvalue weighted by Crippen LogP contribution is -2.44. The number of hydrogen-bond donors (Lipinski definition) is 2. The number of fused-ring (bicyclic) bond motifs is 2. The minimum Gasteiger partial charge on any atom is -0.493 e. The normalized spacial score (nSPS) is 16.5. The van der Waals surface area contributed by atoms with Crippen molar-refractivity contribution in [1.82, 2.24) is 24.8 Å². The summed E-state index contributed by atoms with van der Waals surface area (Å²) in [6, 6.07) is 9.60. The fourth-order valence-electron chi connectivity index (χ4n) is 4.72. The standard InChI is InChI=1S/C28H33N7O3S/c1-34-9-11-35(12-10-34)8-3-13-38-24-16-22-20(15-23(24)37-2)26(30-17-29-22)33-28-32-21-7-6-19(14-25(21)39-28)31-27(36)18-4-5-18/h6-7,14-18H,3-5,8-13H2,1-2H3,(H,31,36)(H,29,30,32,33). The summed E-state index contributed by atoms with van der Waals surface area (Å²) in [5, 5.41) is 7.88. The van der Waals surface area contributed by atoms with Gasteiger partial charge in [0.2, 0.25) is 5.91 Å². The number of amides is 1. The lowest BCUT2D eigenvalue weighted by atomic mass is 10.2. The number of thiazole rings is 1. The van der Waals surface area contributed by atoms with Gasteiger partial charge < -0.3 is 29.9 Å². The molecule has 0 unspecified atom stereocenters. The van der Waals surface area contributed by atoms with Crippen LogP contribution in [0.25, 0.3) is 21.1 Å². The molecule has 0 radical (unpaired) electrons. The number of nitrogens with zero attached hydrogens (tertiary/aromatic N) is 5. The predicted octanol–water partition coefficient (Wildman–Crippen LogP) is 4.36. The number of nitrogens with one attached hydrogen (secondary N) is 2. The minimum atomic E-state index is 0.0944. The number of likely N-dealkylation sites (N-methyl/N-ethyl adjacent to an activating group) is 1. The summed E-state index contributed by atoms with van der Waals surface area (Å²) in [6.45, 7) is 6.08. The molecule has 204 valence electrons. The van der Waals surface area contributed by atoms with Crippen LogP contribution in [0.3, 0.4) is 0 Å². The van der Waals surface area contributed by atoms with Gasteiger partial charge in [-0.1, -0.05) is 11.3 Å². The number of benzene rings is 2. The van der Waals surface area contributed by atoms with Crippen molar-refractivity contribution < 1.29 is 14.3 Å². The first-order valence-corrected chi connectivity index (χ1v) is 14.2. The van der Waals surface area contributed by atoms with Crippen LogP contribution in [-0.4, -0.2) is 84.1 Å². The second-order valence-corrected chi connectivity index (χ2v) is 11.2. The molecule has 2 fully saturated rings. The first-order chi connectivity index (χ1) is 19.1. The van der Waals surface area contributed by atoms with E-state index in [1.165, 1.54) is 17.7 Å². The molecule has 39 heavy (non-hydrogen) atoms. The van der Waals surface area contributed by atoms with Crippen LogP contribution in [0.2, 0.25) is 0 Å². The molecule has 0 spiro atoms. The Balaban J connectivity index is 1.14. The average Bonchev–Trinajstić information content (AvgIpc) is 3.72. The number of aromatic nitrogens is 3. The van der Waals surface area contributed by atoms with Crippen LogP contribution in [0.5, 0.6) is 11.5 Å². The number of carbonyl (C=O) groups is 1. The second-order valence-electron chi connectivity index (χ2n) is 10.2. The summed E-state index contributed by atoms with van der Waals surface area (Å²) < 4.78 is 12.8. The first-order valence-electron chi connectivity index (χ1n) is 13.4. The van der Waals surface area contributed by atoms with Gasteiger partial charge in [0, 0.05) is 55.8 Å². The smallest absolute Gasteiger partial charge is 0.227 e. The molecule has 6 rings (SSSR count). The summed E-state index contributed by atoms with van der Waals surface area (Å²) in [4.78, 5) is 30.6. The van der Waals surface area contributed by atoms with Crippen LogP contribution in [-0.2, 0) is 4.79 Å². The number of ether oxygens (including phenoxy) is 2. The zero-order valence-electron chi connectivity index (χ0n) is 22.3. The van der Waals surface area contributed by atoms with Gasteiger partial charge in [-0.3, -0.25) is 4.79 Å². The van der Waals surface area contributed by atoms with Gasteiger partial charge in [0.05, 0.1) is 29.5 Å². The van der Waals surface area contributed by atoms with E-state index >= 15 is 0 Å². The van der Waals surface area contributed by atoms with E-state index in [4.69, 9.17) is 14.5 Å². The van der Waals surface area contributed by atoms with Crippen LogP contribution in [0.1, 0.15) is 19.3 Å². The van der Waals surface area contributed by atoms with E-state index in [0.29, 0.717) is 29.1 Å². The molecule has 1 saturated carbocycles. The molecule has 2 aliphatic rings. The summed E-state index contributed by atoms with van der Waals surface area (Å²) in [6.07, 6.45) is 4.44. The van der Waals surface area contributed by atoms with Crippen LogP contribution in [0.15, 0.2) is 36.7 Å². The molecule has 4 aromatic rings. The highest BCUT2D eigenvalue weighted by atomic mass is 32.1. The van der Waals surface area contributed by atoms with E-state index in [1.807, 2.05) is 30.3 Å². The largest absolute Gasteiger partial charge is 0.493 e. The number of piperazine rings is 1. The van der Waals surface area contributed by atoms with E-state index in [0.717, 1.165) is 78.8 Å². The summed E-state index contributed by atoms with van der Waals surface area (Å²) >= 11 is 1.51. The van der Waals surface area contributed by atoms with E-state index in [2.05, 4.69) is 37.4 Å². The number of rotatable bonds is 10. The Morgan fingerprint density at radius 3 is 2.72 bits per heavy atom. The van der Waals surface area contributed by atoms with Crippen LogP contribution < -0.4 is 20.1 Å². The minimum absolute atomic E-state index is 0.0944.